The topological polar surface area (TPSA) is 60.9 Å². The quantitative estimate of drug-likeness (QED) is 0.838. The fourth-order valence-corrected chi connectivity index (χ4v) is 1.93. The van der Waals surface area contributed by atoms with E-state index in [2.05, 4.69) is 0 Å². The Hall–Kier alpha value is -2.04. The first-order valence-corrected chi connectivity index (χ1v) is 6.87. The van der Waals surface area contributed by atoms with Crippen molar-refractivity contribution in [2.75, 3.05) is 25.0 Å². The molecule has 0 saturated carbocycles. The first kappa shape index (κ1) is 16.0. The second-order valence-electron chi connectivity index (χ2n) is 4.67. The van der Waals surface area contributed by atoms with Crippen molar-refractivity contribution in [3.05, 3.63) is 24.3 Å². The van der Waals surface area contributed by atoms with Crippen molar-refractivity contribution in [1.82, 2.24) is 4.90 Å². The maximum Gasteiger partial charge on any atom is 0.316 e. The van der Waals surface area contributed by atoms with Gasteiger partial charge < -0.3 is 14.9 Å². The highest BCUT2D eigenvalue weighted by molar-refractivity contribution is 6.40. The number of carbonyl (C=O) groups is 2. The lowest BCUT2D eigenvalue weighted by atomic mass is 10.2. The summed E-state index contributed by atoms with van der Waals surface area (Å²) >= 11 is 0. The van der Waals surface area contributed by atoms with E-state index in [1.165, 1.54) is 17.0 Å². The molecule has 0 aromatic heterocycles. The van der Waals surface area contributed by atoms with Crippen molar-refractivity contribution in [2.24, 2.45) is 0 Å². The van der Waals surface area contributed by atoms with Crippen molar-refractivity contribution < 1.29 is 14.7 Å². The SMILES string of the molecule is CCCN(CCC)C(=O)C(=O)N(C)c1ccc(O)cc1. The van der Waals surface area contributed by atoms with Gasteiger partial charge in [-0.15, -0.1) is 0 Å². The predicted octanol–water partition coefficient (Wildman–Crippen LogP) is 2.00. The van der Waals surface area contributed by atoms with E-state index in [-0.39, 0.29) is 5.75 Å². The highest BCUT2D eigenvalue weighted by atomic mass is 16.3. The molecule has 1 rings (SSSR count). The summed E-state index contributed by atoms with van der Waals surface area (Å²) in [6.07, 6.45) is 1.64. The van der Waals surface area contributed by atoms with Gasteiger partial charge in [-0.1, -0.05) is 13.8 Å². The molecular formula is C15H22N2O3. The van der Waals surface area contributed by atoms with Gasteiger partial charge in [0.1, 0.15) is 5.75 Å². The highest BCUT2D eigenvalue weighted by Gasteiger charge is 2.24. The Balaban J connectivity index is 2.81. The van der Waals surface area contributed by atoms with Crippen LogP contribution in [0.2, 0.25) is 0 Å². The summed E-state index contributed by atoms with van der Waals surface area (Å²) in [6, 6.07) is 6.17. The van der Waals surface area contributed by atoms with Crippen LogP contribution < -0.4 is 4.90 Å². The van der Waals surface area contributed by atoms with Gasteiger partial charge in [0.2, 0.25) is 0 Å². The van der Waals surface area contributed by atoms with Crippen LogP contribution >= 0.6 is 0 Å². The van der Waals surface area contributed by atoms with Gasteiger partial charge >= 0.3 is 11.8 Å². The Bertz CT molecular complexity index is 451. The molecule has 0 saturated heterocycles. The second kappa shape index (κ2) is 7.53. The molecular weight excluding hydrogens is 256 g/mol. The number of anilines is 1. The minimum atomic E-state index is -0.558. The summed E-state index contributed by atoms with van der Waals surface area (Å²) in [4.78, 5) is 27.3. The molecule has 0 aliphatic rings. The number of phenolic OH excluding ortho intramolecular Hbond substituents is 1. The Morgan fingerprint density at radius 2 is 1.50 bits per heavy atom. The van der Waals surface area contributed by atoms with Crippen molar-refractivity contribution in [1.29, 1.82) is 0 Å². The number of amides is 2. The lowest BCUT2D eigenvalue weighted by molar-refractivity contribution is -0.144. The van der Waals surface area contributed by atoms with Gasteiger partial charge in [0, 0.05) is 25.8 Å². The van der Waals surface area contributed by atoms with E-state index in [4.69, 9.17) is 0 Å². The minimum absolute atomic E-state index is 0.125. The first-order chi connectivity index (χ1) is 9.51. The smallest absolute Gasteiger partial charge is 0.316 e. The van der Waals surface area contributed by atoms with Gasteiger partial charge in [-0.25, -0.2) is 0 Å². The maximum atomic E-state index is 12.2. The lowest BCUT2D eigenvalue weighted by Gasteiger charge is -2.24. The molecule has 0 aliphatic heterocycles. The minimum Gasteiger partial charge on any atom is -0.508 e. The van der Waals surface area contributed by atoms with Crippen LogP contribution in [0.1, 0.15) is 26.7 Å². The third kappa shape index (κ3) is 3.98. The van der Waals surface area contributed by atoms with Crippen LogP contribution in [0.15, 0.2) is 24.3 Å². The molecule has 0 radical (unpaired) electrons. The standard InChI is InChI=1S/C15H22N2O3/c1-4-10-17(11-5-2)15(20)14(19)16(3)12-6-8-13(18)9-7-12/h6-9,18H,4-5,10-11H2,1-3H3. The van der Waals surface area contributed by atoms with Crippen LogP contribution in [0.25, 0.3) is 0 Å². The van der Waals surface area contributed by atoms with Crippen LogP contribution in [-0.4, -0.2) is 42.0 Å². The summed E-state index contributed by atoms with van der Waals surface area (Å²) in [5, 5.41) is 9.24. The fourth-order valence-electron chi connectivity index (χ4n) is 1.93. The fraction of sp³-hybridized carbons (Fsp3) is 0.467. The van der Waals surface area contributed by atoms with E-state index in [0.717, 1.165) is 12.8 Å². The Labute approximate surface area is 119 Å². The van der Waals surface area contributed by atoms with Crippen molar-refractivity contribution >= 4 is 17.5 Å². The Morgan fingerprint density at radius 1 is 1.00 bits per heavy atom. The molecule has 0 unspecified atom stereocenters. The van der Waals surface area contributed by atoms with Crippen molar-refractivity contribution in [3.63, 3.8) is 0 Å². The Morgan fingerprint density at radius 3 is 1.95 bits per heavy atom. The average Bonchev–Trinajstić information content (AvgIpc) is 2.45. The number of aromatic hydroxyl groups is 1. The molecule has 0 aliphatic carbocycles. The van der Waals surface area contributed by atoms with E-state index < -0.39 is 11.8 Å². The molecule has 110 valence electrons. The average molecular weight is 278 g/mol. The van der Waals surface area contributed by atoms with Crippen LogP contribution in [0, 0.1) is 0 Å². The number of hydrogen-bond donors (Lipinski definition) is 1. The lowest BCUT2D eigenvalue weighted by Crippen LogP contribution is -2.44. The van der Waals surface area contributed by atoms with Crippen LogP contribution in [0.5, 0.6) is 5.75 Å². The number of likely N-dealkylation sites (N-methyl/N-ethyl adjacent to an activating group) is 1. The number of hydrogen-bond acceptors (Lipinski definition) is 3. The number of phenols is 1. The Kier molecular flexibility index (Phi) is 6.03. The van der Waals surface area contributed by atoms with Gasteiger partial charge in [0.05, 0.1) is 0 Å². The molecule has 20 heavy (non-hydrogen) atoms. The maximum absolute atomic E-state index is 12.2. The largest absolute Gasteiger partial charge is 0.508 e. The molecule has 0 bridgehead atoms. The van der Waals surface area contributed by atoms with E-state index in [0.29, 0.717) is 18.8 Å². The zero-order chi connectivity index (χ0) is 15.1. The number of benzene rings is 1. The molecule has 0 heterocycles. The van der Waals surface area contributed by atoms with E-state index >= 15 is 0 Å². The van der Waals surface area contributed by atoms with Crippen LogP contribution in [-0.2, 0) is 9.59 Å². The molecule has 1 aromatic rings. The zero-order valence-corrected chi connectivity index (χ0v) is 12.3. The normalized spacial score (nSPS) is 10.2. The third-order valence-corrected chi connectivity index (χ3v) is 3.00. The second-order valence-corrected chi connectivity index (χ2v) is 4.67. The molecule has 0 spiro atoms. The third-order valence-electron chi connectivity index (χ3n) is 3.00. The van der Waals surface area contributed by atoms with Gasteiger partial charge in [0.15, 0.2) is 0 Å². The highest BCUT2D eigenvalue weighted by Crippen LogP contribution is 2.17. The number of rotatable bonds is 5. The van der Waals surface area contributed by atoms with Crippen LogP contribution in [0.4, 0.5) is 5.69 Å². The van der Waals surface area contributed by atoms with Crippen LogP contribution in [0.3, 0.4) is 0 Å². The zero-order valence-electron chi connectivity index (χ0n) is 12.3. The summed E-state index contributed by atoms with van der Waals surface area (Å²) < 4.78 is 0. The van der Waals surface area contributed by atoms with E-state index in [1.807, 2.05) is 13.8 Å². The molecule has 1 N–H and O–H groups in total. The number of carbonyl (C=O) groups excluding carboxylic acids is 2. The van der Waals surface area contributed by atoms with Gasteiger partial charge in [-0.3, -0.25) is 9.59 Å². The van der Waals surface area contributed by atoms with Gasteiger partial charge in [-0.05, 0) is 37.1 Å². The monoisotopic (exact) mass is 278 g/mol. The summed E-state index contributed by atoms with van der Waals surface area (Å²) in [5.74, 6) is -0.915. The number of nitrogens with zero attached hydrogens (tertiary/aromatic N) is 2. The molecule has 1 aromatic carbocycles. The van der Waals surface area contributed by atoms with E-state index in [9.17, 15) is 14.7 Å². The van der Waals surface area contributed by atoms with Crippen molar-refractivity contribution in [2.45, 2.75) is 26.7 Å². The van der Waals surface area contributed by atoms with Crippen molar-refractivity contribution in [3.8, 4) is 5.75 Å². The molecule has 2 amide bonds. The summed E-state index contributed by atoms with van der Waals surface area (Å²) in [6.45, 7) is 5.12. The molecule has 0 fully saturated rings. The van der Waals surface area contributed by atoms with E-state index in [1.54, 1.807) is 24.1 Å². The first-order valence-electron chi connectivity index (χ1n) is 6.87. The summed E-state index contributed by atoms with van der Waals surface area (Å²) in [5.41, 5.74) is 0.578. The summed E-state index contributed by atoms with van der Waals surface area (Å²) in [7, 11) is 1.56. The molecule has 5 nitrogen and oxygen atoms in total. The predicted molar refractivity (Wildman–Crippen MR) is 78.7 cm³/mol. The molecule has 5 heteroatoms. The van der Waals surface area contributed by atoms with Gasteiger partial charge in [-0.2, -0.15) is 0 Å². The molecule has 0 atom stereocenters. The van der Waals surface area contributed by atoms with Gasteiger partial charge in [0.25, 0.3) is 0 Å².